The van der Waals surface area contributed by atoms with E-state index >= 15 is 0 Å². The van der Waals surface area contributed by atoms with E-state index in [9.17, 15) is 9.59 Å². The highest BCUT2D eigenvalue weighted by Crippen LogP contribution is 2.52. The molecule has 1 heterocycles. The topological polar surface area (TPSA) is 55.8 Å². The van der Waals surface area contributed by atoms with Gasteiger partial charge in [0.05, 0.1) is 11.7 Å². The second kappa shape index (κ2) is 10.1. The van der Waals surface area contributed by atoms with Crippen LogP contribution in [-0.4, -0.2) is 45.3 Å². The summed E-state index contributed by atoms with van der Waals surface area (Å²) in [5, 5.41) is -0.0413. The van der Waals surface area contributed by atoms with Crippen LogP contribution in [0.15, 0.2) is 30.3 Å². The smallest absolute Gasteiger partial charge is 0.340 e. The van der Waals surface area contributed by atoms with Crippen LogP contribution in [-0.2, 0) is 14.0 Å². The van der Waals surface area contributed by atoms with Gasteiger partial charge in [-0.15, -0.1) is 0 Å². The first-order valence-electron chi connectivity index (χ1n) is 13.1. The Morgan fingerprint density at radius 2 is 1.37 bits per heavy atom. The van der Waals surface area contributed by atoms with Crippen molar-refractivity contribution in [2.45, 2.75) is 111 Å². The number of amides is 1. The predicted molar refractivity (Wildman–Crippen MR) is 149 cm³/mol. The molecule has 1 aliphatic heterocycles. The van der Waals surface area contributed by atoms with Crippen LogP contribution in [0.1, 0.15) is 72.7 Å². The van der Waals surface area contributed by atoms with Crippen LogP contribution < -0.4 is 0 Å². The minimum absolute atomic E-state index is 0.0254. The number of ether oxygens (including phenoxy) is 1. The van der Waals surface area contributed by atoms with E-state index in [-0.39, 0.29) is 22.1 Å². The molecule has 198 valence electrons. The van der Waals surface area contributed by atoms with Crippen molar-refractivity contribution in [3.8, 4) is 0 Å². The first-order chi connectivity index (χ1) is 15.8. The lowest BCUT2D eigenvalue weighted by Gasteiger charge is -2.60. The lowest BCUT2D eigenvalue weighted by molar-refractivity contribution is -0.178. The first-order valence-corrected chi connectivity index (χ1v) is 18.9. The van der Waals surface area contributed by atoms with Gasteiger partial charge in [-0.05, 0) is 54.1 Å². The normalized spacial score (nSPS) is 20.8. The van der Waals surface area contributed by atoms with Gasteiger partial charge in [-0.2, -0.15) is 0 Å². The fourth-order valence-corrected chi connectivity index (χ4v) is 11.1. The number of esters is 1. The minimum atomic E-state index is -2.34. The van der Waals surface area contributed by atoms with E-state index in [1.165, 1.54) is 0 Å². The average molecular weight is 520 g/mol. The Labute approximate surface area is 216 Å². The molecule has 0 unspecified atom stereocenters. The molecule has 7 heteroatoms. The Bertz CT molecular complexity index is 909. The van der Waals surface area contributed by atoms with Gasteiger partial charge in [0.2, 0.25) is 5.91 Å². The molecule has 35 heavy (non-hydrogen) atoms. The molecule has 2 rings (SSSR count). The third kappa shape index (κ3) is 5.32. The molecule has 0 spiro atoms. The van der Waals surface area contributed by atoms with E-state index in [2.05, 4.69) is 81.6 Å². The zero-order chi connectivity index (χ0) is 27.1. The molecule has 1 fully saturated rings. The summed E-state index contributed by atoms with van der Waals surface area (Å²) < 4.78 is 14.8. The molecule has 3 atom stereocenters. The fourth-order valence-electron chi connectivity index (χ4n) is 4.79. The Kier molecular flexibility index (Phi) is 8.62. The Balaban J connectivity index is 2.43. The van der Waals surface area contributed by atoms with Crippen LogP contribution in [0.5, 0.6) is 0 Å². The molecule has 1 amide bonds. The van der Waals surface area contributed by atoms with Gasteiger partial charge < -0.3 is 13.7 Å². The highest BCUT2D eigenvalue weighted by molar-refractivity contribution is 6.80. The average Bonchev–Trinajstić information content (AvgIpc) is 2.72. The van der Waals surface area contributed by atoms with Crippen LogP contribution in [0.4, 0.5) is 0 Å². The number of rotatable bonds is 10. The van der Waals surface area contributed by atoms with Crippen molar-refractivity contribution in [1.29, 1.82) is 0 Å². The van der Waals surface area contributed by atoms with E-state index in [0.29, 0.717) is 17.4 Å². The van der Waals surface area contributed by atoms with E-state index in [1.807, 2.05) is 29.7 Å². The monoisotopic (exact) mass is 519 g/mol. The predicted octanol–water partition coefficient (Wildman–Crippen LogP) is 7.32. The van der Waals surface area contributed by atoms with Crippen molar-refractivity contribution < 1.29 is 18.8 Å². The van der Waals surface area contributed by atoms with Gasteiger partial charge >= 0.3 is 5.97 Å². The molecule has 0 bridgehead atoms. The Hall–Kier alpha value is -1.45. The van der Waals surface area contributed by atoms with Gasteiger partial charge in [-0.1, -0.05) is 86.7 Å². The summed E-state index contributed by atoms with van der Waals surface area (Å²) in [6.07, 6.45) is -0.948. The molecule has 1 aromatic rings. The molecule has 0 radical (unpaired) electrons. The van der Waals surface area contributed by atoms with Crippen molar-refractivity contribution in [2.24, 2.45) is 17.8 Å². The van der Waals surface area contributed by atoms with Gasteiger partial charge in [-0.3, -0.25) is 4.79 Å². The summed E-state index contributed by atoms with van der Waals surface area (Å²) in [5.74, 6) is 0.00713. The minimum Gasteiger partial charge on any atom is -0.438 e. The van der Waals surface area contributed by atoms with E-state index < -0.39 is 34.7 Å². The number of β-lactam (4-membered cyclic amide) rings is 1. The molecular formula is C28H49NO4Si2. The molecule has 0 aliphatic carbocycles. The van der Waals surface area contributed by atoms with E-state index in [1.54, 1.807) is 12.1 Å². The lowest BCUT2D eigenvalue weighted by atomic mass is 9.93. The van der Waals surface area contributed by atoms with Crippen LogP contribution in [0.25, 0.3) is 0 Å². The van der Waals surface area contributed by atoms with Gasteiger partial charge in [0.1, 0.15) is 5.92 Å². The maximum atomic E-state index is 13.8. The number of carbonyl (C=O) groups excluding carboxylic acids is 2. The molecule has 5 nitrogen and oxygen atoms in total. The molecule has 1 aliphatic rings. The molecular weight excluding hydrogens is 470 g/mol. The Morgan fingerprint density at radius 3 is 1.83 bits per heavy atom. The summed E-state index contributed by atoms with van der Waals surface area (Å²) in [4.78, 5) is 27.0. The van der Waals surface area contributed by atoms with Gasteiger partial charge in [0.25, 0.3) is 0 Å². The molecule has 0 saturated carbocycles. The highest BCUT2D eigenvalue weighted by Gasteiger charge is 2.63. The van der Waals surface area contributed by atoms with Crippen molar-refractivity contribution in [2.75, 3.05) is 0 Å². The van der Waals surface area contributed by atoms with Crippen molar-refractivity contribution in [1.82, 2.24) is 4.57 Å². The van der Waals surface area contributed by atoms with Crippen LogP contribution in [0, 0.1) is 17.8 Å². The first kappa shape index (κ1) is 29.8. The summed E-state index contributed by atoms with van der Waals surface area (Å²) in [5.41, 5.74) is 0.498. The summed E-state index contributed by atoms with van der Waals surface area (Å²) in [6, 6.07) is 9.03. The van der Waals surface area contributed by atoms with Gasteiger partial charge in [0, 0.05) is 0 Å². The third-order valence-electron chi connectivity index (χ3n) is 9.93. The lowest BCUT2D eigenvalue weighted by Crippen LogP contribution is -2.76. The largest absolute Gasteiger partial charge is 0.438 e. The van der Waals surface area contributed by atoms with E-state index in [0.717, 1.165) is 0 Å². The number of carbonyl (C=O) groups is 2. The van der Waals surface area contributed by atoms with E-state index in [4.69, 9.17) is 9.16 Å². The number of hydrogen-bond acceptors (Lipinski definition) is 4. The number of benzene rings is 1. The van der Waals surface area contributed by atoms with Crippen molar-refractivity contribution in [3.63, 3.8) is 0 Å². The van der Waals surface area contributed by atoms with Crippen LogP contribution >= 0.6 is 0 Å². The quantitative estimate of drug-likeness (QED) is 0.185. The third-order valence-corrected chi connectivity index (χ3v) is 20.0. The second-order valence-corrected chi connectivity index (χ2v) is 22.5. The van der Waals surface area contributed by atoms with Gasteiger partial charge in [0.15, 0.2) is 22.8 Å². The molecule has 1 aromatic carbocycles. The van der Waals surface area contributed by atoms with Crippen LogP contribution in [0.2, 0.25) is 36.3 Å². The number of hydrogen-bond donors (Lipinski definition) is 0. The van der Waals surface area contributed by atoms with Crippen LogP contribution in [0.3, 0.4) is 0 Å². The fraction of sp³-hybridized carbons (Fsp3) is 0.714. The highest BCUT2D eigenvalue weighted by atomic mass is 28.4. The zero-order valence-corrected chi connectivity index (χ0v) is 26.4. The summed E-state index contributed by atoms with van der Waals surface area (Å²) in [7, 11) is -4.53. The standard InChI is InChI=1S/C28H49NO4Si2/c1-19(2)27(6,7)34(10,11)29-24(30)23(21(5)33-35(12,13)28(8,9)20(3)4)25(29)32-26(31)22-17-15-14-16-18-22/h14-21,23,25H,1-13H3/t21-,23+,25-/m1/s1. The molecule has 0 aromatic heterocycles. The maximum absolute atomic E-state index is 13.8. The second-order valence-electron chi connectivity index (χ2n) is 13.0. The van der Waals surface area contributed by atoms with Crippen molar-refractivity contribution in [3.05, 3.63) is 35.9 Å². The summed E-state index contributed by atoms with van der Waals surface area (Å²) in [6.45, 7) is 28.7. The molecule has 1 saturated heterocycles. The van der Waals surface area contributed by atoms with Crippen molar-refractivity contribution >= 4 is 28.4 Å². The molecule has 0 N–H and O–H groups in total. The number of nitrogens with zero attached hydrogens (tertiary/aromatic N) is 1. The zero-order valence-electron chi connectivity index (χ0n) is 24.4. The SMILES string of the molecule is CC(C)C(C)(C)[Si](C)(C)O[C@H](C)[C@H]1C(=O)N([Si](C)(C)C(C)(C)C(C)C)[C@@H]1OC(=O)c1ccccc1. The van der Waals surface area contributed by atoms with Gasteiger partial charge in [-0.25, -0.2) is 4.79 Å². The summed E-state index contributed by atoms with van der Waals surface area (Å²) >= 11 is 0. The maximum Gasteiger partial charge on any atom is 0.340 e. The Morgan fingerprint density at radius 1 is 0.886 bits per heavy atom.